The largest absolute Gasteiger partial charge is 0.369 e. The quantitative estimate of drug-likeness (QED) is 0.208. The summed E-state index contributed by atoms with van der Waals surface area (Å²) in [5, 5.41) is 7.67. The Labute approximate surface area is 227 Å². The van der Waals surface area contributed by atoms with Crippen LogP contribution in [-0.4, -0.2) is 84.1 Å². The van der Waals surface area contributed by atoms with Gasteiger partial charge in [-0.15, -0.1) is 0 Å². The lowest BCUT2D eigenvalue weighted by Crippen LogP contribution is -2.51. The summed E-state index contributed by atoms with van der Waals surface area (Å²) in [7, 11) is 4.18. The van der Waals surface area contributed by atoms with Gasteiger partial charge in [0.2, 0.25) is 0 Å². The molecule has 0 radical (unpaired) electrons. The molecule has 3 aromatic rings. The Hall–Kier alpha value is -2.50. The summed E-state index contributed by atoms with van der Waals surface area (Å²) in [6.07, 6.45) is 1.05. The maximum atomic E-state index is 12.8. The molecule has 2 aromatic carbocycles. The number of hydrogen-bond donors (Lipinski definition) is 2. The van der Waals surface area contributed by atoms with Gasteiger partial charge in [0.05, 0.1) is 12.1 Å². The number of piperazine rings is 1. The first-order valence-corrected chi connectivity index (χ1v) is 14.1. The van der Waals surface area contributed by atoms with Crippen molar-refractivity contribution in [2.45, 2.75) is 23.9 Å². The van der Waals surface area contributed by atoms with Gasteiger partial charge in [-0.1, -0.05) is 59.0 Å². The van der Waals surface area contributed by atoms with E-state index >= 15 is 0 Å². The number of para-hydroxylation sites is 1. The van der Waals surface area contributed by atoms with E-state index in [4.69, 9.17) is 9.97 Å². The average molecular weight is 602 g/mol. The Morgan fingerprint density at radius 3 is 2.47 bits per heavy atom. The molecule has 0 aliphatic carbocycles. The minimum atomic E-state index is 0.00377. The average Bonchev–Trinajstić information content (AvgIpc) is 2.90. The minimum absolute atomic E-state index is 0.00377. The van der Waals surface area contributed by atoms with Crippen molar-refractivity contribution in [3.8, 4) is 0 Å². The van der Waals surface area contributed by atoms with Gasteiger partial charge in [0.1, 0.15) is 11.6 Å². The smallest absolute Gasteiger partial charge is 0.317 e. The molecule has 8 nitrogen and oxygen atoms in total. The molecule has 2 amide bonds. The summed E-state index contributed by atoms with van der Waals surface area (Å²) >= 11 is 2.36. The van der Waals surface area contributed by atoms with Gasteiger partial charge < -0.3 is 20.4 Å². The van der Waals surface area contributed by atoms with Crippen LogP contribution < -0.4 is 10.6 Å². The van der Waals surface area contributed by atoms with Crippen LogP contribution in [0.2, 0.25) is 0 Å². The molecule has 0 unspecified atom stereocenters. The third kappa shape index (κ3) is 7.27. The molecule has 36 heavy (non-hydrogen) atoms. The first-order chi connectivity index (χ1) is 17.5. The summed E-state index contributed by atoms with van der Waals surface area (Å²) in [5.41, 5.74) is 3.41. The van der Waals surface area contributed by atoms with Crippen LogP contribution in [0.25, 0.3) is 10.9 Å². The van der Waals surface area contributed by atoms with Gasteiger partial charge in [-0.25, -0.2) is 14.8 Å². The van der Waals surface area contributed by atoms with Gasteiger partial charge in [0.25, 0.3) is 0 Å². The van der Waals surface area contributed by atoms with E-state index in [-0.39, 0.29) is 6.03 Å². The van der Waals surface area contributed by atoms with Gasteiger partial charge in [-0.05, 0) is 50.3 Å². The lowest BCUT2D eigenvalue weighted by Gasteiger charge is -2.34. The third-order valence-corrected chi connectivity index (χ3v) is 7.26. The fourth-order valence-electron chi connectivity index (χ4n) is 4.38. The summed E-state index contributed by atoms with van der Waals surface area (Å²) in [4.78, 5) is 28.9. The van der Waals surface area contributed by atoms with Crippen molar-refractivity contribution < 1.29 is 4.79 Å². The van der Waals surface area contributed by atoms with Gasteiger partial charge in [-0.3, -0.25) is 4.90 Å². The second kappa shape index (κ2) is 13.2. The van der Waals surface area contributed by atoms with Gasteiger partial charge >= 0.3 is 6.03 Å². The van der Waals surface area contributed by atoms with Gasteiger partial charge in [0, 0.05) is 49.1 Å². The number of nitrogens with one attached hydrogen (secondary N) is 2. The molecule has 1 fully saturated rings. The molecular weight excluding hydrogens is 565 g/mol. The van der Waals surface area contributed by atoms with Gasteiger partial charge in [0.15, 0.2) is 0 Å². The van der Waals surface area contributed by atoms with E-state index in [1.54, 1.807) is 0 Å². The molecule has 1 saturated heterocycles. The molecule has 0 spiro atoms. The number of halogens is 1. The normalized spacial score (nSPS) is 14.4. The molecule has 192 valence electrons. The third-order valence-electron chi connectivity index (χ3n) is 6.44. The summed E-state index contributed by atoms with van der Waals surface area (Å²) in [6, 6.07) is 16.4. The zero-order valence-electron chi connectivity index (χ0n) is 21.2. The number of carbonyl (C=O) groups excluding carboxylic acids is 1. The number of amides is 2. The number of carbonyl (C=O) groups is 1. The molecule has 1 aliphatic heterocycles. The first kappa shape index (κ1) is 26.6. The van der Waals surface area contributed by atoms with Crippen molar-refractivity contribution in [1.29, 1.82) is 0 Å². The molecule has 0 saturated carbocycles. The molecule has 4 rings (SSSR count). The van der Waals surface area contributed by atoms with Crippen LogP contribution in [0.3, 0.4) is 0 Å². The minimum Gasteiger partial charge on any atom is -0.369 e. The highest BCUT2D eigenvalue weighted by Crippen LogP contribution is 2.21. The highest BCUT2D eigenvalue weighted by atomic mass is 127. The van der Waals surface area contributed by atoms with E-state index in [0.29, 0.717) is 26.2 Å². The number of anilines is 1. The van der Waals surface area contributed by atoms with E-state index in [9.17, 15) is 4.79 Å². The fourth-order valence-corrected chi connectivity index (χ4v) is 5.13. The van der Waals surface area contributed by atoms with Crippen molar-refractivity contribution in [2.75, 3.05) is 58.7 Å². The molecule has 0 atom stereocenters. The zero-order valence-corrected chi connectivity index (χ0v) is 23.4. The molecule has 9 heteroatoms. The van der Waals surface area contributed by atoms with Crippen molar-refractivity contribution in [3.63, 3.8) is 0 Å². The summed E-state index contributed by atoms with van der Waals surface area (Å²) in [5.74, 6) is 1.72. The van der Waals surface area contributed by atoms with Crippen LogP contribution in [0.4, 0.5) is 10.6 Å². The number of nitrogens with zero attached hydrogens (tertiary/aromatic N) is 5. The SMILES string of the molecule is CN(C)CCCNc1nc(CN2CCN(C(=O)NCc3ccccc3CI)CC2)nc2ccccc12. The predicted molar refractivity (Wildman–Crippen MR) is 154 cm³/mol. The van der Waals surface area contributed by atoms with Crippen molar-refractivity contribution in [1.82, 2.24) is 30.0 Å². The van der Waals surface area contributed by atoms with Crippen molar-refractivity contribution >= 4 is 45.3 Å². The first-order valence-electron chi connectivity index (χ1n) is 12.6. The zero-order chi connectivity index (χ0) is 25.3. The molecule has 2 heterocycles. The lowest BCUT2D eigenvalue weighted by atomic mass is 10.1. The molecule has 0 bridgehead atoms. The van der Waals surface area contributed by atoms with Gasteiger partial charge in [-0.2, -0.15) is 0 Å². The lowest BCUT2D eigenvalue weighted by molar-refractivity contribution is 0.133. The number of benzene rings is 2. The van der Waals surface area contributed by atoms with Crippen LogP contribution in [0.5, 0.6) is 0 Å². The summed E-state index contributed by atoms with van der Waals surface area (Å²) < 4.78 is 0.937. The predicted octanol–water partition coefficient (Wildman–Crippen LogP) is 3.96. The highest BCUT2D eigenvalue weighted by molar-refractivity contribution is 14.1. The van der Waals surface area contributed by atoms with E-state index in [0.717, 1.165) is 59.6 Å². The molecule has 2 N–H and O–H groups in total. The van der Waals surface area contributed by atoms with Crippen molar-refractivity contribution in [2.24, 2.45) is 0 Å². The standard InChI is InChI=1S/C27H36IN7O/c1-33(2)13-7-12-29-26-23-10-5-6-11-24(23)31-25(32-26)20-34-14-16-35(17-15-34)27(36)30-19-22-9-4-3-8-21(22)18-28/h3-6,8-11H,7,12-20H2,1-2H3,(H,30,36)(H,29,31,32). The number of rotatable bonds is 10. The Morgan fingerprint density at radius 2 is 1.72 bits per heavy atom. The molecule has 1 aliphatic rings. The molecular formula is C27H36IN7O. The van der Waals surface area contributed by atoms with Crippen LogP contribution in [0.15, 0.2) is 48.5 Å². The Balaban J connectivity index is 1.31. The summed E-state index contributed by atoms with van der Waals surface area (Å²) in [6.45, 7) is 6.15. The van der Waals surface area contributed by atoms with Crippen LogP contribution >= 0.6 is 22.6 Å². The van der Waals surface area contributed by atoms with Crippen LogP contribution in [0, 0.1) is 0 Å². The monoisotopic (exact) mass is 601 g/mol. The molecule has 1 aromatic heterocycles. The number of urea groups is 1. The highest BCUT2D eigenvalue weighted by Gasteiger charge is 2.22. The Bertz CT molecular complexity index is 1150. The Morgan fingerprint density at radius 1 is 1.00 bits per heavy atom. The number of alkyl halides is 1. The van der Waals surface area contributed by atoms with Crippen LogP contribution in [-0.2, 0) is 17.5 Å². The number of aromatic nitrogens is 2. The maximum absolute atomic E-state index is 12.8. The Kier molecular flexibility index (Phi) is 9.71. The number of fused-ring (bicyclic) bond motifs is 1. The van der Waals surface area contributed by atoms with E-state index in [1.807, 2.05) is 35.2 Å². The topological polar surface area (TPSA) is 76.6 Å². The second-order valence-electron chi connectivity index (χ2n) is 9.41. The fraction of sp³-hybridized carbons (Fsp3) is 0.444. The van der Waals surface area contributed by atoms with E-state index in [2.05, 4.69) is 75.3 Å². The van der Waals surface area contributed by atoms with E-state index in [1.165, 1.54) is 11.1 Å². The number of hydrogen-bond acceptors (Lipinski definition) is 6. The van der Waals surface area contributed by atoms with Crippen molar-refractivity contribution in [3.05, 3.63) is 65.5 Å². The second-order valence-corrected chi connectivity index (χ2v) is 10.2. The maximum Gasteiger partial charge on any atom is 0.317 e. The van der Waals surface area contributed by atoms with E-state index < -0.39 is 0 Å². The van der Waals surface area contributed by atoms with Crippen LogP contribution in [0.1, 0.15) is 23.4 Å².